The Hall–Kier alpha value is -2.98. The molecular formula is C20H17N5O3S2. The summed E-state index contributed by atoms with van der Waals surface area (Å²) < 4.78 is 8.43. The summed E-state index contributed by atoms with van der Waals surface area (Å²) in [7, 11) is 1.61. The molecule has 30 heavy (non-hydrogen) atoms. The maximum absolute atomic E-state index is 10.9. The van der Waals surface area contributed by atoms with Gasteiger partial charge in [-0.3, -0.25) is 4.99 Å². The lowest BCUT2D eigenvalue weighted by Gasteiger charge is -2.07. The molecule has 0 fully saturated rings. The van der Waals surface area contributed by atoms with E-state index in [0.29, 0.717) is 17.5 Å². The van der Waals surface area contributed by atoms with Gasteiger partial charge in [0.05, 0.1) is 23.3 Å². The molecule has 0 aliphatic carbocycles. The zero-order chi connectivity index (χ0) is 20.8. The Morgan fingerprint density at radius 2 is 2.20 bits per heavy atom. The number of nitrogens with zero attached hydrogens (tertiary/aromatic N) is 5. The minimum absolute atomic E-state index is 0.199. The fourth-order valence-electron chi connectivity index (χ4n) is 3.36. The molecule has 2 aromatic carbocycles. The van der Waals surface area contributed by atoms with Crippen LogP contribution >= 0.6 is 23.1 Å². The van der Waals surface area contributed by atoms with E-state index in [4.69, 9.17) is 9.72 Å². The first-order valence-corrected chi connectivity index (χ1v) is 11.1. The molecule has 4 aromatic rings. The van der Waals surface area contributed by atoms with Crippen molar-refractivity contribution in [3.63, 3.8) is 0 Å². The van der Waals surface area contributed by atoms with Crippen LogP contribution in [-0.4, -0.2) is 36.3 Å². The fourth-order valence-corrected chi connectivity index (χ4v) is 5.55. The highest BCUT2D eigenvalue weighted by molar-refractivity contribution is 8.15. The number of aromatic nitrogens is 3. The lowest BCUT2D eigenvalue weighted by atomic mass is 10.1. The number of ether oxygens (including phenoxy) is 1. The van der Waals surface area contributed by atoms with Gasteiger partial charge >= 0.3 is 5.95 Å². The molecule has 0 radical (unpaired) electrons. The summed E-state index contributed by atoms with van der Waals surface area (Å²) in [6, 6.07) is 10.3. The van der Waals surface area contributed by atoms with E-state index in [2.05, 4.69) is 16.9 Å². The van der Waals surface area contributed by atoms with E-state index in [1.54, 1.807) is 30.1 Å². The molecule has 10 heteroatoms. The maximum Gasteiger partial charge on any atom is 0.434 e. The van der Waals surface area contributed by atoms with Gasteiger partial charge in [0.2, 0.25) is 0 Å². The van der Waals surface area contributed by atoms with E-state index in [-0.39, 0.29) is 12.6 Å². The molecule has 2 aromatic heterocycles. The molecule has 0 spiro atoms. The Morgan fingerprint density at radius 3 is 2.93 bits per heavy atom. The van der Waals surface area contributed by atoms with E-state index in [1.165, 1.54) is 10.8 Å². The second-order valence-electron chi connectivity index (χ2n) is 7.06. The Bertz CT molecular complexity index is 1330. The molecule has 152 valence electrons. The first-order chi connectivity index (χ1) is 14.5. The Morgan fingerprint density at radius 1 is 1.33 bits per heavy atom. The van der Waals surface area contributed by atoms with Crippen molar-refractivity contribution in [3.8, 4) is 5.75 Å². The van der Waals surface area contributed by atoms with Crippen LogP contribution in [0, 0.1) is 10.1 Å². The first kappa shape index (κ1) is 19.0. The lowest BCUT2D eigenvalue weighted by Crippen LogP contribution is -2.04. The van der Waals surface area contributed by atoms with Crippen molar-refractivity contribution >= 4 is 55.1 Å². The molecule has 5 rings (SSSR count). The van der Waals surface area contributed by atoms with E-state index < -0.39 is 4.92 Å². The highest BCUT2D eigenvalue weighted by atomic mass is 32.2. The predicted octanol–water partition coefficient (Wildman–Crippen LogP) is 4.55. The topological polar surface area (TPSA) is 95.4 Å². The number of nitro groups is 1. The van der Waals surface area contributed by atoms with Gasteiger partial charge < -0.3 is 14.9 Å². The molecule has 0 bridgehead atoms. The third-order valence-corrected chi connectivity index (χ3v) is 7.40. The van der Waals surface area contributed by atoms with Crippen molar-refractivity contribution in [1.82, 2.24) is 14.5 Å². The average molecular weight is 440 g/mol. The van der Waals surface area contributed by atoms with Gasteiger partial charge in [-0.05, 0) is 41.5 Å². The van der Waals surface area contributed by atoms with Crippen LogP contribution < -0.4 is 4.74 Å². The molecule has 1 aliphatic heterocycles. The molecular weight excluding hydrogens is 422 g/mol. The predicted molar refractivity (Wildman–Crippen MR) is 120 cm³/mol. The highest BCUT2D eigenvalue weighted by Crippen LogP contribution is 2.35. The van der Waals surface area contributed by atoms with Crippen LogP contribution in [0.2, 0.25) is 0 Å². The highest BCUT2D eigenvalue weighted by Gasteiger charge is 2.20. The molecule has 8 nitrogen and oxygen atoms in total. The Kier molecular flexibility index (Phi) is 4.67. The number of rotatable bonds is 5. The van der Waals surface area contributed by atoms with Gasteiger partial charge in [0.1, 0.15) is 28.6 Å². The number of benzene rings is 2. The molecule has 3 heterocycles. The maximum atomic E-state index is 10.9. The number of thioether (sulfide) groups is 1. The quantitative estimate of drug-likeness (QED) is 0.334. The molecule has 0 N–H and O–H groups in total. The number of aliphatic imine (C=N–C) groups is 1. The van der Waals surface area contributed by atoms with Gasteiger partial charge in [0.25, 0.3) is 0 Å². The molecule has 1 aliphatic rings. The SMILES string of the molecule is CC1CSC(c2nc3ccc4cc(OCc5cnc([N+](=O)[O-])n5C)ccc4c3s2)=N1. The Labute approximate surface area is 179 Å². The standard InChI is InChI=1S/C20H17N5O3S2/c1-11-10-29-18(22-11)19-23-16-6-3-12-7-14(4-5-15(12)17(16)30-19)28-9-13-8-21-20(24(13)2)25(26)27/h3-8,11H,9-10H2,1-2H3. The van der Waals surface area contributed by atoms with Crippen LogP contribution in [0.3, 0.4) is 0 Å². The van der Waals surface area contributed by atoms with Crippen molar-refractivity contribution in [2.45, 2.75) is 19.6 Å². The van der Waals surface area contributed by atoms with Gasteiger partial charge in [0, 0.05) is 11.1 Å². The summed E-state index contributed by atoms with van der Waals surface area (Å²) in [5, 5.41) is 15.1. The van der Waals surface area contributed by atoms with Crippen molar-refractivity contribution < 1.29 is 9.66 Å². The molecule has 1 unspecified atom stereocenters. The van der Waals surface area contributed by atoms with Crippen molar-refractivity contribution in [3.05, 3.63) is 57.3 Å². The van der Waals surface area contributed by atoms with Gasteiger partial charge in [-0.25, -0.2) is 9.55 Å². The monoisotopic (exact) mass is 439 g/mol. The van der Waals surface area contributed by atoms with Gasteiger partial charge in [-0.1, -0.05) is 11.1 Å². The van der Waals surface area contributed by atoms with Gasteiger partial charge in [-0.15, -0.1) is 23.1 Å². The second kappa shape index (κ2) is 7.37. The molecule has 1 atom stereocenters. The minimum Gasteiger partial charge on any atom is -0.486 e. The van der Waals surface area contributed by atoms with Crippen LogP contribution in [0.25, 0.3) is 21.0 Å². The molecule has 0 saturated carbocycles. The minimum atomic E-state index is -0.510. The summed E-state index contributed by atoms with van der Waals surface area (Å²) in [5.41, 5.74) is 1.61. The smallest absolute Gasteiger partial charge is 0.434 e. The number of fused-ring (bicyclic) bond motifs is 3. The summed E-state index contributed by atoms with van der Waals surface area (Å²) in [6.45, 7) is 2.32. The third kappa shape index (κ3) is 3.31. The van der Waals surface area contributed by atoms with E-state index in [0.717, 1.165) is 36.8 Å². The van der Waals surface area contributed by atoms with Crippen molar-refractivity contribution in [2.24, 2.45) is 12.0 Å². The summed E-state index contributed by atoms with van der Waals surface area (Å²) in [6.07, 6.45) is 1.46. The number of imidazole rings is 1. The van der Waals surface area contributed by atoms with E-state index >= 15 is 0 Å². The van der Waals surface area contributed by atoms with Crippen LogP contribution in [0.4, 0.5) is 5.95 Å². The van der Waals surface area contributed by atoms with Crippen LogP contribution in [0.15, 0.2) is 41.5 Å². The fraction of sp³-hybridized carbons (Fsp3) is 0.250. The summed E-state index contributed by atoms with van der Waals surface area (Å²) >= 11 is 3.44. The number of hydrogen-bond acceptors (Lipinski definition) is 8. The van der Waals surface area contributed by atoms with Crippen molar-refractivity contribution in [2.75, 3.05) is 5.75 Å². The lowest BCUT2D eigenvalue weighted by molar-refractivity contribution is -0.396. The number of hydrogen-bond donors (Lipinski definition) is 0. The van der Waals surface area contributed by atoms with E-state index in [9.17, 15) is 10.1 Å². The van der Waals surface area contributed by atoms with E-state index in [1.807, 2.05) is 30.3 Å². The molecule has 0 saturated heterocycles. The average Bonchev–Trinajstić information content (AvgIpc) is 3.44. The summed E-state index contributed by atoms with van der Waals surface area (Å²) in [4.78, 5) is 23.7. The number of thiazole rings is 1. The zero-order valence-electron chi connectivity index (χ0n) is 16.2. The molecule has 0 amide bonds. The van der Waals surface area contributed by atoms with Gasteiger partial charge in [-0.2, -0.15) is 0 Å². The van der Waals surface area contributed by atoms with Gasteiger partial charge in [0.15, 0.2) is 5.69 Å². The third-order valence-electron chi connectivity index (χ3n) is 4.93. The largest absolute Gasteiger partial charge is 0.486 e. The normalized spacial score (nSPS) is 16.3. The van der Waals surface area contributed by atoms with Crippen LogP contribution in [-0.2, 0) is 13.7 Å². The first-order valence-electron chi connectivity index (χ1n) is 9.31. The second-order valence-corrected chi connectivity index (χ2v) is 9.07. The summed E-state index contributed by atoms with van der Waals surface area (Å²) in [5.74, 6) is 1.50. The van der Waals surface area contributed by atoms with Crippen molar-refractivity contribution in [1.29, 1.82) is 0 Å². The van der Waals surface area contributed by atoms with Crippen LogP contribution in [0.1, 0.15) is 17.6 Å². The van der Waals surface area contributed by atoms with Crippen LogP contribution in [0.5, 0.6) is 5.75 Å². The Balaban J connectivity index is 1.42. The zero-order valence-corrected chi connectivity index (χ0v) is 17.9.